The Balaban J connectivity index is 1.82. The van der Waals surface area contributed by atoms with Crippen LogP contribution in [0.3, 0.4) is 0 Å². The zero-order chi connectivity index (χ0) is 21.5. The van der Waals surface area contributed by atoms with E-state index in [1.54, 1.807) is 42.5 Å². The summed E-state index contributed by atoms with van der Waals surface area (Å²) in [5, 5.41) is 21.6. The van der Waals surface area contributed by atoms with Crippen LogP contribution in [0.2, 0.25) is 5.02 Å². The SMILES string of the molecule is CCc1ccc(CC(=O)Nc2ccccc2Cl)cc1Oc1cc(C#N)cc(C#N)c1. The van der Waals surface area contributed by atoms with E-state index in [9.17, 15) is 4.79 Å². The maximum atomic E-state index is 12.4. The van der Waals surface area contributed by atoms with Crippen molar-refractivity contribution in [2.45, 2.75) is 19.8 Å². The Morgan fingerprint density at radius 2 is 1.73 bits per heavy atom. The summed E-state index contributed by atoms with van der Waals surface area (Å²) in [6.07, 6.45) is 0.873. The molecule has 3 aromatic rings. The van der Waals surface area contributed by atoms with Crippen molar-refractivity contribution < 1.29 is 9.53 Å². The van der Waals surface area contributed by atoms with E-state index >= 15 is 0 Å². The maximum Gasteiger partial charge on any atom is 0.228 e. The Kier molecular flexibility index (Phi) is 6.70. The van der Waals surface area contributed by atoms with Crippen LogP contribution in [-0.2, 0) is 17.6 Å². The van der Waals surface area contributed by atoms with E-state index in [2.05, 4.69) is 5.32 Å². The van der Waals surface area contributed by atoms with Gasteiger partial charge in [-0.2, -0.15) is 10.5 Å². The van der Waals surface area contributed by atoms with Crippen LogP contribution in [0.15, 0.2) is 60.7 Å². The Labute approximate surface area is 180 Å². The molecule has 0 atom stereocenters. The molecule has 0 aromatic heterocycles. The van der Waals surface area contributed by atoms with Crippen LogP contribution in [0.5, 0.6) is 11.5 Å². The lowest BCUT2D eigenvalue weighted by molar-refractivity contribution is -0.115. The summed E-state index contributed by atoms with van der Waals surface area (Å²) < 4.78 is 5.99. The van der Waals surface area contributed by atoms with E-state index in [-0.39, 0.29) is 12.3 Å². The molecular formula is C24H18ClN3O2. The van der Waals surface area contributed by atoms with E-state index in [1.165, 1.54) is 6.07 Å². The number of anilines is 1. The van der Waals surface area contributed by atoms with Gasteiger partial charge >= 0.3 is 0 Å². The first-order chi connectivity index (χ1) is 14.5. The molecule has 0 aliphatic rings. The van der Waals surface area contributed by atoms with Crippen molar-refractivity contribution in [3.05, 3.63) is 87.9 Å². The van der Waals surface area contributed by atoms with E-state index in [1.807, 2.05) is 31.2 Å². The van der Waals surface area contributed by atoms with Gasteiger partial charge in [0.2, 0.25) is 5.91 Å². The first kappa shape index (κ1) is 20.9. The average Bonchev–Trinajstić information content (AvgIpc) is 2.75. The fraction of sp³-hybridized carbons (Fsp3) is 0.125. The van der Waals surface area contributed by atoms with Gasteiger partial charge in [-0.25, -0.2) is 0 Å². The molecule has 0 bridgehead atoms. The van der Waals surface area contributed by atoms with E-state index in [0.29, 0.717) is 33.3 Å². The normalized spacial score (nSPS) is 10.0. The lowest BCUT2D eigenvalue weighted by atomic mass is 10.1. The van der Waals surface area contributed by atoms with Crippen LogP contribution in [0.1, 0.15) is 29.2 Å². The molecule has 3 aromatic carbocycles. The number of nitrogens with zero attached hydrogens (tertiary/aromatic N) is 2. The maximum absolute atomic E-state index is 12.4. The molecule has 0 heterocycles. The van der Waals surface area contributed by atoms with Gasteiger partial charge in [-0.15, -0.1) is 0 Å². The van der Waals surface area contributed by atoms with Gasteiger partial charge in [0.15, 0.2) is 0 Å². The lowest BCUT2D eigenvalue weighted by Crippen LogP contribution is -2.14. The second-order valence-electron chi connectivity index (χ2n) is 6.57. The van der Waals surface area contributed by atoms with Crippen molar-refractivity contribution in [3.63, 3.8) is 0 Å². The highest BCUT2D eigenvalue weighted by atomic mass is 35.5. The number of amides is 1. The van der Waals surface area contributed by atoms with Gasteiger partial charge in [0, 0.05) is 0 Å². The summed E-state index contributed by atoms with van der Waals surface area (Å²) in [4.78, 5) is 12.4. The summed E-state index contributed by atoms with van der Waals surface area (Å²) in [6, 6.07) is 21.4. The number of ether oxygens (including phenoxy) is 1. The van der Waals surface area contributed by atoms with E-state index < -0.39 is 0 Å². The number of benzene rings is 3. The van der Waals surface area contributed by atoms with Crippen molar-refractivity contribution >= 4 is 23.2 Å². The fourth-order valence-corrected chi connectivity index (χ4v) is 3.14. The van der Waals surface area contributed by atoms with Crippen LogP contribution < -0.4 is 10.1 Å². The minimum absolute atomic E-state index is 0.146. The van der Waals surface area contributed by atoms with Gasteiger partial charge in [0.1, 0.15) is 11.5 Å². The second kappa shape index (κ2) is 9.60. The summed E-state index contributed by atoms with van der Waals surface area (Å²) >= 11 is 6.10. The fourth-order valence-electron chi connectivity index (χ4n) is 2.95. The van der Waals surface area contributed by atoms with Crippen LogP contribution >= 0.6 is 11.6 Å². The average molecular weight is 416 g/mol. The number of aryl methyl sites for hydroxylation is 1. The smallest absolute Gasteiger partial charge is 0.228 e. The van der Waals surface area contributed by atoms with Crippen molar-refractivity contribution in [3.8, 4) is 23.6 Å². The largest absolute Gasteiger partial charge is 0.457 e. The molecule has 0 saturated carbocycles. The minimum atomic E-state index is -0.198. The van der Waals surface area contributed by atoms with Gasteiger partial charge in [0.05, 0.1) is 40.4 Å². The standard InChI is InChI=1S/C24H18ClN3O2/c1-2-19-8-7-16(13-24(29)28-22-6-4-3-5-21(22)25)12-23(19)30-20-10-17(14-26)9-18(11-20)15-27/h3-12H,2,13H2,1H3,(H,28,29). The zero-order valence-electron chi connectivity index (χ0n) is 16.3. The topological polar surface area (TPSA) is 85.9 Å². The number of nitrogens with one attached hydrogen (secondary N) is 1. The first-order valence-electron chi connectivity index (χ1n) is 9.31. The second-order valence-corrected chi connectivity index (χ2v) is 6.98. The molecule has 0 fully saturated rings. The number of rotatable bonds is 6. The van der Waals surface area contributed by atoms with Crippen LogP contribution in [-0.4, -0.2) is 5.91 Å². The van der Waals surface area contributed by atoms with Crippen LogP contribution in [0.25, 0.3) is 0 Å². The van der Waals surface area contributed by atoms with Gasteiger partial charge in [-0.05, 0) is 53.9 Å². The quantitative estimate of drug-likeness (QED) is 0.566. The third-order valence-corrected chi connectivity index (χ3v) is 4.75. The molecule has 0 radical (unpaired) electrons. The molecule has 0 spiro atoms. The predicted molar refractivity (Wildman–Crippen MR) is 116 cm³/mol. The molecule has 148 valence electrons. The molecule has 30 heavy (non-hydrogen) atoms. The zero-order valence-corrected chi connectivity index (χ0v) is 17.0. The Bertz CT molecular complexity index is 1140. The number of para-hydroxylation sites is 1. The van der Waals surface area contributed by atoms with Gasteiger partial charge in [0.25, 0.3) is 0 Å². The number of hydrogen-bond donors (Lipinski definition) is 1. The summed E-state index contributed by atoms with van der Waals surface area (Å²) in [7, 11) is 0. The van der Waals surface area contributed by atoms with Gasteiger partial charge < -0.3 is 10.1 Å². The molecule has 0 unspecified atom stereocenters. The highest BCUT2D eigenvalue weighted by Gasteiger charge is 2.11. The molecule has 0 aliphatic carbocycles. The molecular weight excluding hydrogens is 398 g/mol. The van der Waals surface area contributed by atoms with Crippen molar-refractivity contribution in [2.75, 3.05) is 5.32 Å². The summed E-state index contributed by atoms with van der Waals surface area (Å²) in [6.45, 7) is 2.00. The van der Waals surface area contributed by atoms with Gasteiger partial charge in [-0.1, -0.05) is 42.8 Å². The van der Waals surface area contributed by atoms with E-state index in [4.69, 9.17) is 26.9 Å². The molecule has 5 nitrogen and oxygen atoms in total. The molecule has 0 saturated heterocycles. The number of halogens is 1. The highest BCUT2D eigenvalue weighted by Crippen LogP contribution is 2.29. The number of carbonyl (C=O) groups is 1. The monoisotopic (exact) mass is 415 g/mol. The molecule has 1 amide bonds. The predicted octanol–water partition coefficient (Wildman–Crippen LogP) is 5.62. The molecule has 1 N–H and O–H groups in total. The Morgan fingerprint density at radius 3 is 2.37 bits per heavy atom. The molecule has 0 aliphatic heterocycles. The van der Waals surface area contributed by atoms with Crippen molar-refractivity contribution in [1.29, 1.82) is 10.5 Å². The van der Waals surface area contributed by atoms with Crippen LogP contribution in [0, 0.1) is 22.7 Å². The lowest BCUT2D eigenvalue weighted by Gasteiger charge is -2.13. The Morgan fingerprint density at radius 1 is 1.03 bits per heavy atom. The first-order valence-corrected chi connectivity index (χ1v) is 9.69. The summed E-state index contributed by atoms with van der Waals surface area (Å²) in [5.74, 6) is 0.786. The van der Waals surface area contributed by atoms with E-state index in [0.717, 1.165) is 17.5 Å². The minimum Gasteiger partial charge on any atom is -0.457 e. The number of hydrogen-bond acceptors (Lipinski definition) is 4. The Hall–Kier alpha value is -3.80. The molecule has 6 heteroatoms. The van der Waals surface area contributed by atoms with Crippen molar-refractivity contribution in [1.82, 2.24) is 0 Å². The third kappa shape index (κ3) is 5.17. The summed E-state index contributed by atoms with van der Waals surface area (Å²) in [5.41, 5.74) is 2.97. The molecule has 3 rings (SSSR count). The van der Waals surface area contributed by atoms with Gasteiger partial charge in [-0.3, -0.25) is 4.79 Å². The van der Waals surface area contributed by atoms with Crippen molar-refractivity contribution in [2.24, 2.45) is 0 Å². The van der Waals surface area contributed by atoms with Crippen LogP contribution in [0.4, 0.5) is 5.69 Å². The highest BCUT2D eigenvalue weighted by molar-refractivity contribution is 6.33. The third-order valence-electron chi connectivity index (χ3n) is 4.42. The number of nitriles is 2. The number of carbonyl (C=O) groups excluding carboxylic acids is 1.